The summed E-state index contributed by atoms with van der Waals surface area (Å²) < 4.78 is 28.5. The molecule has 3 aromatic rings. The molecule has 9 nitrogen and oxygen atoms in total. The molecular formula is C11H10N6O3S2. The van der Waals surface area contributed by atoms with Crippen molar-refractivity contribution in [1.82, 2.24) is 19.6 Å². The highest BCUT2D eigenvalue weighted by Crippen LogP contribution is 2.24. The maximum absolute atomic E-state index is 12.3. The number of fused-ring (bicyclic) bond motifs is 1. The zero-order valence-electron chi connectivity index (χ0n) is 11.2. The van der Waals surface area contributed by atoms with E-state index in [1.807, 2.05) is 0 Å². The Kier molecular flexibility index (Phi) is 3.50. The number of nitrogens with zero attached hydrogens (tertiary/aromatic N) is 4. The molecule has 1 amide bonds. The lowest BCUT2D eigenvalue weighted by Crippen LogP contribution is -2.13. The van der Waals surface area contributed by atoms with Crippen LogP contribution in [-0.2, 0) is 14.8 Å². The number of imidazole rings is 1. The highest BCUT2D eigenvalue weighted by molar-refractivity contribution is 7.94. The van der Waals surface area contributed by atoms with E-state index in [1.54, 1.807) is 35.1 Å². The van der Waals surface area contributed by atoms with Crippen LogP contribution in [0, 0.1) is 0 Å². The van der Waals surface area contributed by atoms with Crippen LogP contribution >= 0.6 is 11.3 Å². The lowest BCUT2D eigenvalue weighted by Gasteiger charge is -2.06. The van der Waals surface area contributed by atoms with E-state index < -0.39 is 10.0 Å². The van der Waals surface area contributed by atoms with Crippen molar-refractivity contribution in [2.24, 2.45) is 0 Å². The van der Waals surface area contributed by atoms with E-state index in [1.165, 1.54) is 6.92 Å². The summed E-state index contributed by atoms with van der Waals surface area (Å²) >= 11 is 0.763. The normalized spacial score (nSPS) is 11.5. The number of carbonyl (C=O) groups is 1. The molecule has 0 saturated carbocycles. The third-order valence-corrected chi connectivity index (χ3v) is 5.15. The Hall–Kier alpha value is -2.53. The van der Waals surface area contributed by atoms with Gasteiger partial charge in [0.2, 0.25) is 11.0 Å². The Bertz CT molecular complexity index is 946. The van der Waals surface area contributed by atoms with E-state index in [9.17, 15) is 13.2 Å². The molecule has 0 radical (unpaired) electrons. The molecular weight excluding hydrogens is 328 g/mol. The number of aromatic nitrogens is 4. The average molecular weight is 338 g/mol. The predicted molar refractivity (Wildman–Crippen MR) is 80.2 cm³/mol. The van der Waals surface area contributed by atoms with Gasteiger partial charge in [0.15, 0.2) is 5.65 Å². The molecule has 0 aromatic carbocycles. The minimum atomic E-state index is -3.91. The Morgan fingerprint density at radius 1 is 1.32 bits per heavy atom. The smallest absolute Gasteiger partial charge is 0.291 e. The second kappa shape index (κ2) is 5.35. The third-order valence-electron chi connectivity index (χ3n) is 2.58. The van der Waals surface area contributed by atoms with E-state index >= 15 is 0 Å². The molecule has 0 aliphatic carbocycles. The molecule has 0 atom stereocenters. The van der Waals surface area contributed by atoms with E-state index in [0.717, 1.165) is 11.3 Å². The maximum atomic E-state index is 12.3. The van der Waals surface area contributed by atoms with Crippen LogP contribution in [0.4, 0.5) is 10.8 Å². The molecule has 0 bridgehead atoms. The van der Waals surface area contributed by atoms with E-state index in [2.05, 4.69) is 25.2 Å². The number of hydrogen-bond acceptors (Lipinski definition) is 7. The van der Waals surface area contributed by atoms with E-state index in [4.69, 9.17) is 0 Å². The molecule has 0 aliphatic rings. The second-order valence-electron chi connectivity index (χ2n) is 4.24. The summed E-state index contributed by atoms with van der Waals surface area (Å²) in [6.45, 7) is 1.30. The van der Waals surface area contributed by atoms with Gasteiger partial charge in [0.05, 0.1) is 5.69 Å². The molecule has 3 rings (SSSR count). The van der Waals surface area contributed by atoms with Gasteiger partial charge in [-0.15, -0.1) is 10.2 Å². The van der Waals surface area contributed by atoms with Gasteiger partial charge in [-0.05, 0) is 12.1 Å². The first-order valence-corrected chi connectivity index (χ1v) is 8.31. The van der Waals surface area contributed by atoms with Gasteiger partial charge >= 0.3 is 0 Å². The second-order valence-corrected chi connectivity index (χ2v) is 7.07. The van der Waals surface area contributed by atoms with Gasteiger partial charge in [-0.3, -0.25) is 9.52 Å². The van der Waals surface area contributed by atoms with Gasteiger partial charge < -0.3 is 9.72 Å². The van der Waals surface area contributed by atoms with Crippen LogP contribution in [0.1, 0.15) is 6.92 Å². The Morgan fingerprint density at radius 2 is 2.14 bits per heavy atom. The standard InChI is InChI=1S/C11H10N6O3S2/c1-7(18)13-10-14-15-11(21-10)22(19,20)16-8-3-2-5-17-6-4-12-9(8)17/h2-6,16H,1H3,(H,13,14,18). The van der Waals surface area contributed by atoms with Crippen LogP contribution in [0.5, 0.6) is 0 Å². The number of carbonyl (C=O) groups excluding carboxylic acids is 1. The molecule has 0 saturated heterocycles. The van der Waals surface area contributed by atoms with Crippen LogP contribution in [-0.4, -0.2) is 33.9 Å². The van der Waals surface area contributed by atoms with Crippen molar-refractivity contribution in [1.29, 1.82) is 0 Å². The van der Waals surface area contributed by atoms with E-state index in [0.29, 0.717) is 11.3 Å². The predicted octanol–water partition coefficient (Wildman–Crippen LogP) is 0.945. The van der Waals surface area contributed by atoms with Crippen LogP contribution in [0.15, 0.2) is 35.1 Å². The van der Waals surface area contributed by atoms with Crippen molar-refractivity contribution in [3.05, 3.63) is 30.7 Å². The topological polar surface area (TPSA) is 118 Å². The highest BCUT2D eigenvalue weighted by Gasteiger charge is 2.22. The Morgan fingerprint density at radius 3 is 2.91 bits per heavy atom. The number of nitrogens with one attached hydrogen (secondary N) is 2. The summed E-state index contributed by atoms with van der Waals surface area (Å²) in [5, 5.41) is 9.70. The minimum Gasteiger partial charge on any atom is -0.305 e. The van der Waals surface area contributed by atoms with Crippen molar-refractivity contribution >= 4 is 43.7 Å². The molecule has 0 aliphatic heterocycles. The lowest BCUT2D eigenvalue weighted by atomic mass is 10.4. The molecule has 0 fully saturated rings. The van der Waals surface area contributed by atoms with Gasteiger partial charge in [0.1, 0.15) is 0 Å². The summed E-state index contributed by atoms with van der Waals surface area (Å²) in [6.07, 6.45) is 5.01. The largest absolute Gasteiger partial charge is 0.305 e. The van der Waals surface area contributed by atoms with Crippen LogP contribution in [0.25, 0.3) is 5.65 Å². The molecule has 3 aromatic heterocycles. The van der Waals surface area contributed by atoms with Crippen molar-refractivity contribution < 1.29 is 13.2 Å². The van der Waals surface area contributed by atoms with Gasteiger partial charge in [0, 0.05) is 25.5 Å². The molecule has 0 spiro atoms. The first kappa shape index (κ1) is 14.4. The Balaban J connectivity index is 1.92. The van der Waals surface area contributed by atoms with Gasteiger partial charge in [-0.2, -0.15) is 8.42 Å². The summed E-state index contributed by atoms with van der Waals surface area (Å²) in [6, 6.07) is 3.28. The van der Waals surface area contributed by atoms with Gasteiger partial charge in [-0.25, -0.2) is 4.98 Å². The van der Waals surface area contributed by atoms with Crippen LogP contribution in [0.3, 0.4) is 0 Å². The number of rotatable bonds is 4. The summed E-state index contributed by atoms with van der Waals surface area (Å²) in [5.74, 6) is -0.352. The van der Waals surface area contributed by atoms with Crippen molar-refractivity contribution in [3.63, 3.8) is 0 Å². The number of amides is 1. The zero-order valence-corrected chi connectivity index (χ0v) is 12.8. The van der Waals surface area contributed by atoms with Crippen molar-refractivity contribution in [2.75, 3.05) is 10.0 Å². The fourth-order valence-electron chi connectivity index (χ4n) is 1.74. The highest BCUT2D eigenvalue weighted by atomic mass is 32.2. The van der Waals surface area contributed by atoms with E-state index in [-0.39, 0.29) is 15.4 Å². The average Bonchev–Trinajstić information content (AvgIpc) is 3.06. The molecule has 0 unspecified atom stereocenters. The third kappa shape index (κ3) is 2.76. The summed E-state index contributed by atoms with van der Waals surface area (Å²) in [7, 11) is -3.91. The minimum absolute atomic E-state index is 0.117. The molecule has 22 heavy (non-hydrogen) atoms. The van der Waals surface area contributed by atoms with Gasteiger partial charge in [0.25, 0.3) is 14.4 Å². The number of pyridine rings is 1. The maximum Gasteiger partial charge on any atom is 0.291 e. The molecule has 11 heteroatoms. The number of sulfonamides is 1. The van der Waals surface area contributed by atoms with Crippen molar-refractivity contribution in [2.45, 2.75) is 11.3 Å². The Labute approximate surface area is 129 Å². The fraction of sp³-hybridized carbons (Fsp3) is 0.0909. The fourth-order valence-corrected chi connectivity index (χ4v) is 3.74. The molecule has 114 valence electrons. The first-order valence-electron chi connectivity index (χ1n) is 6.01. The van der Waals surface area contributed by atoms with Crippen LogP contribution in [0.2, 0.25) is 0 Å². The SMILES string of the molecule is CC(=O)Nc1nnc(S(=O)(=O)Nc2cccn3ccnc23)s1. The first-order chi connectivity index (χ1) is 10.5. The summed E-state index contributed by atoms with van der Waals surface area (Å²) in [4.78, 5) is 15.0. The summed E-state index contributed by atoms with van der Waals surface area (Å²) in [5.41, 5.74) is 0.793. The van der Waals surface area contributed by atoms with Crippen LogP contribution < -0.4 is 10.0 Å². The number of anilines is 2. The quantitative estimate of drug-likeness (QED) is 0.684. The zero-order chi connectivity index (χ0) is 15.7. The van der Waals surface area contributed by atoms with Gasteiger partial charge in [-0.1, -0.05) is 11.3 Å². The lowest BCUT2D eigenvalue weighted by molar-refractivity contribution is -0.114. The monoisotopic (exact) mass is 338 g/mol. The molecule has 3 heterocycles. The van der Waals surface area contributed by atoms with Crippen molar-refractivity contribution in [3.8, 4) is 0 Å². The number of hydrogen-bond donors (Lipinski definition) is 2. The molecule has 2 N–H and O–H groups in total.